The third kappa shape index (κ3) is 2.56. The number of pyridine rings is 1. The lowest BCUT2D eigenvalue weighted by Gasteiger charge is -2.25. The molecular formula is C21H20N2O. The quantitative estimate of drug-likeness (QED) is 0.733. The Kier molecular flexibility index (Phi) is 3.77. The molecular weight excluding hydrogens is 296 g/mol. The van der Waals surface area contributed by atoms with Gasteiger partial charge in [0.15, 0.2) is 0 Å². The highest BCUT2D eigenvalue weighted by Crippen LogP contribution is 2.35. The van der Waals surface area contributed by atoms with E-state index in [0.717, 1.165) is 29.3 Å². The molecule has 1 aliphatic carbocycles. The first-order valence-corrected chi connectivity index (χ1v) is 8.40. The summed E-state index contributed by atoms with van der Waals surface area (Å²) in [5.41, 5.74) is 4.59. The van der Waals surface area contributed by atoms with Crippen molar-refractivity contribution >= 4 is 16.8 Å². The van der Waals surface area contributed by atoms with Crippen LogP contribution in [0.5, 0.6) is 0 Å². The summed E-state index contributed by atoms with van der Waals surface area (Å²) in [5, 5.41) is 1.08. The van der Waals surface area contributed by atoms with Crippen LogP contribution in [-0.4, -0.2) is 22.8 Å². The smallest absolute Gasteiger partial charge is 0.227 e. The Bertz CT molecular complexity index is 898. The molecule has 1 aliphatic rings. The maximum absolute atomic E-state index is 12.9. The molecule has 1 amide bonds. The molecule has 24 heavy (non-hydrogen) atoms. The van der Waals surface area contributed by atoms with Gasteiger partial charge in [-0.2, -0.15) is 0 Å². The lowest BCUT2D eigenvalue weighted by Crippen LogP contribution is -2.31. The Hall–Kier alpha value is -2.68. The molecule has 3 aromatic rings. The second-order valence-corrected chi connectivity index (χ2v) is 6.43. The number of aromatic nitrogens is 1. The second-order valence-electron chi connectivity index (χ2n) is 6.43. The van der Waals surface area contributed by atoms with Crippen molar-refractivity contribution in [2.24, 2.45) is 0 Å². The maximum Gasteiger partial charge on any atom is 0.227 e. The Labute approximate surface area is 141 Å². The van der Waals surface area contributed by atoms with E-state index in [0.29, 0.717) is 6.42 Å². The molecule has 0 saturated carbocycles. The molecule has 2 aromatic carbocycles. The molecule has 1 atom stereocenters. The van der Waals surface area contributed by atoms with Crippen molar-refractivity contribution < 1.29 is 4.79 Å². The van der Waals surface area contributed by atoms with Crippen molar-refractivity contribution in [3.05, 3.63) is 77.5 Å². The first-order valence-electron chi connectivity index (χ1n) is 8.40. The topological polar surface area (TPSA) is 33.2 Å². The van der Waals surface area contributed by atoms with Crippen LogP contribution in [0, 0.1) is 0 Å². The van der Waals surface area contributed by atoms with Gasteiger partial charge < -0.3 is 4.90 Å². The summed E-state index contributed by atoms with van der Waals surface area (Å²) < 4.78 is 0. The van der Waals surface area contributed by atoms with Crippen LogP contribution in [0.15, 0.2) is 60.8 Å². The second kappa shape index (κ2) is 6.08. The van der Waals surface area contributed by atoms with Crippen LogP contribution in [0.4, 0.5) is 0 Å². The van der Waals surface area contributed by atoms with E-state index >= 15 is 0 Å². The highest BCUT2D eigenvalue weighted by atomic mass is 16.2. The van der Waals surface area contributed by atoms with Gasteiger partial charge in [0.05, 0.1) is 18.0 Å². The van der Waals surface area contributed by atoms with Crippen LogP contribution in [0.1, 0.15) is 29.2 Å². The fraction of sp³-hybridized carbons (Fsp3) is 0.238. The average Bonchev–Trinajstić information content (AvgIpc) is 3.05. The number of para-hydroxylation sites is 1. The number of hydrogen-bond acceptors (Lipinski definition) is 2. The van der Waals surface area contributed by atoms with E-state index in [4.69, 9.17) is 0 Å². The maximum atomic E-state index is 12.9. The number of likely N-dealkylation sites (N-methyl/N-ethyl adjacent to an activating group) is 1. The van der Waals surface area contributed by atoms with E-state index in [9.17, 15) is 4.79 Å². The normalized spacial score (nSPS) is 16.1. The first kappa shape index (κ1) is 14.9. The summed E-state index contributed by atoms with van der Waals surface area (Å²) in [4.78, 5) is 19.2. The SMILES string of the molecule is CN(C(=O)Cc1cccc2cccnc12)C1CCc2ccccc21. The van der Waals surface area contributed by atoms with Crippen molar-refractivity contribution in [2.75, 3.05) is 7.05 Å². The van der Waals surface area contributed by atoms with Gasteiger partial charge in [-0.25, -0.2) is 0 Å². The van der Waals surface area contributed by atoms with Gasteiger partial charge in [-0.15, -0.1) is 0 Å². The van der Waals surface area contributed by atoms with Gasteiger partial charge in [0.2, 0.25) is 5.91 Å². The molecule has 4 rings (SSSR count). The van der Waals surface area contributed by atoms with Gasteiger partial charge in [0.1, 0.15) is 0 Å². The van der Waals surface area contributed by atoms with Crippen molar-refractivity contribution in [1.29, 1.82) is 0 Å². The molecule has 3 nitrogen and oxygen atoms in total. The van der Waals surface area contributed by atoms with E-state index in [1.807, 2.05) is 42.3 Å². The van der Waals surface area contributed by atoms with Gasteiger partial charge in [0, 0.05) is 18.6 Å². The van der Waals surface area contributed by atoms with E-state index in [1.165, 1.54) is 11.1 Å². The molecule has 3 heteroatoms. The molecule has 0 saturated heterocycles. The standard InChI is InChI=1S/C21H20N2O/c1-23(19-12-11-15-6-2-3-10-18(15)19)20(24)14-17-8-4-7-16-9-5-13-22-21(16)17/h2-10,13,19H,11-12,14H2,1H3. The highest BCUT2D eigenvalue weighted by molar-refractivity contribution is 5.87. The average molecular weight is 316 g/mol. The number of benzene rings is 2. The number of hydrogen-bond donors (Lipinski definition) is 0. The summed E-state index contributed by atoms with van der Waals surface area (Å²) in [6.07, 6.45) is 4.24. The predicted octanol–water partition coefficient (Wildman–Crippen LogP) is 3.92. The van der Waals surface area contributed by atoms with Crippen LogP contribution in [-0.2, 0) is 17.6 Å². The van der Waals surface area contributed by atoms with E-state index in [1.54, 1.807) is 6.20 Å². The van der Waals surface area contributed by atoms with E-state index in [-0.39, 0.29) is 11.9 Å². The van der Waals surface area contributed by atoms with Crippen LogP contribution in [0.25, 0.3) is 10.9 Å². The van der Waals surface area contributed by atoms with Crippen LogP contribution < -0.4 is 0 Å². The molecule has 0 N–H and O–H groups in total. The summed E-state index contributed by atoms with van der Waals surface area (Å²) in [7, 11) is 1.92. The van der Waals surface area contributed by atoms with Gasteiger partial charge >= 0.3 is 0 Å². The van der Waals surface area contributed by atoms with Gasteiger partial charge in [-0.3, -0.25) is 9.78 Å². The van der Waals surface area contributed by atoms with Crippen LogP contribution in [0.2, 0.25) is 0 Å². The Morgan fingerprint density at radius 3 is 2.88 bits per heavy atom. The fourth-order valence-electron chi connectivity index (χ4n) is 3.71. The Morgan fingerprint density at radius 2 is 1.96 bits per heavy atom. The molecule has 1 heterocycles. The minimum atomic E-state index is 0.148. The zero-order chi connectivity index (χ0) is 16.5. The Balaban J connectivity index is 1.58. The zero-order valence-corrected chi connectivity index (χ0v) is 13.8. The van der Waals surface area contributed by atoms with E-state index < -0.39 is 0 Å². The van der Waals surface area contributed by atoms with Crippen molar-refractivity contribution in [3.8, 4) is 0 Å². The number of nitrogens with zero attached hydrogens (tertiary/aromatic N) is 2. The number of carbonyl (C=O) groups excluding carboxylic acids is 1. The third-order valence-electron chi connectivity index (χ3n) is 5.02. The predicted molar refractivity (Wildman–Crippen MR) is 95.7 cm³/mol. The van der Waals surface area contributed by atoms with Crippen LogP contribution >= 0.6 is 0 Å². The number of rotatable bonds is 3. The van der Waals surface area contributed by atoms with Crippen molar-refractivity contribution in [2.45, 2.75) is 25.3 Å². The summed E-state index contributed by atoms with van der Waals surface area (Å²) >= 11 is 0. The summed E-state index contributed by atoms with van der Waals surface area (Å²) in [6.45, 7) is 0. The van der Waals surface area contributed by atoms with Gasteiger partial charge in [-0.1, -0.05) is 48.5 Å². The number of amides is 1. The molecule has 0 radical (unpaired) electrons. The highest BCUT2D eigenvalue weighted by Gasteiger charge is 2.28. The number of aryl methyl sites for hydroxylation is 1. The monoisotopic (exact) mass is 316 g/mol. The lowest BCUT2D eigenvalue weighted by atomic mass is 10.0. The van der Waals surface area contributed by atoms with Gasteiger partial charge in [-0.05, 0) is 35.6 Å². The van der Waals surface area contributed by atoms with Crippen molar-refractivity contribution in [1.82, 2.24) is 9.88 Å². The summed E-state index contributed by atoms with van der Waals surface area (Å²) in [5.74, 6) is 0.148. The summed E-state index contributed by atoms with van der Waals surface area (Å²) in [6, 6.07) is 18.6. The van der Waals surface area contributed by atoms with Crippen LogP contribution in [0.3, 0.4) is 0 Å². The molecule has 0 bridgehead atoms. The number of fused-ring (bicyclic) bond motifs is 2. The molecule has 1 unspecified atom stereocenters. The largest absolute Gasteiger partial charge is 0.338 e. The Morgan fingerprint density at radius 1 is 1.12 bits per heavy atom. The molecule has 1 aromatic heterocycles. The minimum Gasteiger partial charge on any atom is -0.338 e. The molecule has 120 valence electrons. The van der Waals surface area contributed by atoms with E-state index in [2.05, 4.69) is 29.2 Å². The zero-order valence-electron chi connectivity index (χ0n) is 13.8. The van der Waals surface area contributed by atoms with Gasteiger partial charge in [0.25, 0.3) is 0 Å². The third-order valence-corrected chi connectivity index (χ3v) is 5.02. The lowest BCUT2D eigenvalue weighted by molar-refractivity contribution is -0.131. The molecule has 0 aliphatic heterocycles. The fourth-order valence-corrected chi connectivity index (χ4v) is 3.71. The number of carbonyl (C=O) groups is 1. The van der Waals surface area contributed by atoms with Crippen molar-refractivity contribution in [3.63, 3.8) is 0 Å². The molecule has 0 fully saturated rings. The minimum absolute atomic E-state index is 0.148. The first-order chi connectivity index (χ1) is 11.7. The molecule has 0 spiro atoms.